The van der Waals surface area contributed by atoms with Crippen LogP contribution in [-0.2, 0) is 0 Å². The maximum atomic E-state index is 9.78. The molecule has 0 saturated heterocycles. The Hall–Kier alpha value is -0.000000000000000111. The van der Waals surface area contributed by atoms with Gasteiger partial charge in [-0.05, 0) is 58.4 Å². The lowest BCUT2D eigenvalue weighted by Gasteiger charge is -2.07. The summed E-state index contributed by atoms with van der Waals surface area (Å²) in [4.78, 5) is 0. The van der Waals surface area contributed by atoms with E-state index in [1.807, 2.05) is 42.0 Å². The number of rotatable bonds is 4. The summed E-state index contributed by atoms with van der Waals surface area (Å²) < 4.78 is 1.19. The summed E-state index contributed by atoms with van der Waals surface area (Å²) >= 11 is 3.90. The third kappa shape index (κ3) is 4.02. The molecule has 0 heterocycles. The van der Waals surface area contributed by atoms with Crippen LogP contribution in [0.25, 0.3) is 0 Å². The van der Waals surface area contributed by atoms with Gasteiger partial charge in [-0.3, -0.25) is 0 Å². The minimum Gasteiger partial charge on any atom is -0.388 e. The predicted octanol–water partition coefficient (Wildman–Crippen LogP) is 3.59. The number of hydrogen-bond donors (Lipinski definition) is 1. The van der Waals surface area contributed by atoms with Crippen molar-refractivity contribution < 1.29 is 5.11 Å². The van der Waals surface area contributed by atoms with E-state index in [0.717, 1.165) is 5.56 Å². The molecular weight excluding hydrogens is 307 g/mol. The van der Waals surface area contributed by atoms with Gasteiger partial charge in [-0.1, -0.05) is 18.2 Å². The summed E-state index contributed by atoms with van der Waals surface area (Å²) in [5, 5.41) is 11.8. The highest BCUT2D eigenvalue weighted by atomic mass is 127. The van der Waals surface area contributed by atoms with Crippen molar-refractivity contribution in [3.8, 4) is 0 Å². The van der Waals surface area contributed by atoms with E-state index in [9.17, 15) is 5.11 Å². The molecule has 0 aromatic heterocycles. The second-order valence-corrected chi connectivity index (χ2v) is 4.90. The molecule has 0 spiro atoms. The first kappa shape index (κ1) is 12.1. The maximum Gasteiger partial charge on any atom is 0.0824 e. The van der Waals surface area contributed by atoms with Gasteiger partial charge in [-0.25, -0.2) is 0 Å². The number of benzene rings is 1. The van der Waals surface area contributed by atoms with Crippen molar-refractivity contribution in [2.24, 2.45) is 0 Å². The number of thioether (sulfide) groups is 1. The van der Waals surface area contributed by atoms with E-state index in [1.165, 1.54) is 3.57 Å². The molecule has 0 aliphatic rings. The van der Waals surface area contributed by atoms with Crippen molar-refractivity contribution in [3.05, 3.63) is 44.9 Å². The van der Waals surface area contributed by atoms with Crippen molar-refractivity contribution in [1.29, 1.82) is 0 Å². The molecule has 1 aromatic rings. The van der Waals surface area contributed by atoms with Gasteiger partial charge in [0, 0.05) is 3.57 Å². The highest BCUT2D eigenvalue weighted by Gasteiger charge is 2.04. The summed E-state index contributed by atoms with van der Waals surface area (Å²) in [6.45, 7) is 0. The quantitative estimate of drug-likeness (QED) is 0.856. The van der Waals surface area contributed by atoms with E-state index in [2.05, 4.69) is 22.6 Å². The largest absolute Gasteiger partial charge is 0.388 e. The first-order valence-electron chi connectivity index (χ1n) is 4.35. The van der Waals surface area contributed by atoms with Crippen LogP contribution in [0, 0.1) is 3.57 Å². The standard InChI is InChI=1S/C11H13IOS/c1-14-8-2-3-11(13)9-4-6-10(12)7-5-9/h2,4-8,11,13H,3H2,1H3/b8-2-. The van der Waals surface area contributed by atoms with Gasteiger partial charge >= 0.3 is 0 Å². The SMILES string of the molecule is CS/C=C\CC(O)c1ccc(I)cc1. The summed E-state index contributed by atoms with van der Waals surface area (Å²) in [6, 6.07) is 7.97. The number of hydrogen-bond acceptors (Lipinski definition) is 2. The average molecular weight is 320 g/mol. The molecule has 0 aliphatic carbocycles. The van der Waals surface area contributed by atoms with E-state index < -0.39 is 0 Å². The lowest BCUT2D eigenvalue weighted by Crippen LogP contribution is -1.94. The fourth-order valence-corrected chi connectivity index (χ4v) is 1.76. The van der Waals surface area contributed by atoms with E-state index >= 15 is 0 Å². The highest BCUT2D eigenvalue weighted by Crippen LogP contribution is 2.18. The number of aliphatic hydroxyl groups is 1. The normalized spacial score (nSPS) is 13.4. The molecule has 0 saturated carbocycles. The van der Waals surface area contributed by atoms with Crippen LogP contribution in [0.4, 0.5) is 0 Å². The zero-order valence-corrected chi connectivity index (χ0v) is 11.0. The van der Waals surface area contributed by atoms with Gasteiger partial charge in [-0.15, -0.1) is 11.8 Å². The third-order valence-electron chi connectivity index (χ3n) is 1.85. The van der Waals surface area contributed by atoms with Crippen LogP contribution < -0.4 is 0 Å². The molecule has 0 bridgehead atoms. The van der Waals surface area contributed by atoms with E-state index in [0.29, 0.717) is 6.42 Å². The van der Waals surface area contributed by atoms with Crippen LogP contribution in [0.2, 0.25) is 0 Å². The zero-order valence-electron chi connectivity index (χ0n) is 7.98. The topological polar surface area (TPSA) is 20.2 Å². The van der Waals surface area contributed by atoms with Crippen molar-refractivity contribution >= 4 is 34.4 Å². The predicted molar refractivity (Wildman–Crippen MR) is 71.4 cm³/mol. The van der Waals surface area contributed by atoms with Gasteiger partial charge < -0.3 is 5.11 Å². The Morgan fingerprint density at radius 3 is 2.64 bits per heavy atom. The number of aliphatic hydroxyl groups excluding tert-OH is 1. The molecular formula is C11H13IOS. The number of halogens is 1. The van der Waals surface area contributed by atoms with E-state index in [1.54, 1.807) is 11.8 Å². The Labute approximate surface area is 103 Å². The molecule has 1 aromatic carbocycles. The van der Waals surface area contributed by atoms with Gasteiger partial charge in [0.05, 0.1) is 6.10 Å². The van der Waals surface area contributed by atoms with Crippen LogP contribution in [0.3, 0.4) is 0 Å². The van der Waals surface area contributed by atoms with Crippen LogP contribution in [0.5, 0.6) is 0 Å². The second kappa shape index (κ2) is 6.48. The summed E-state index contributed by atoms with van der Waals surface area (Å²) in [5.74, 6) is 0. The van der Waals surface area contributed by atoms with Crippen molar-refractivity contribution in [2.75, 3.05) is 6.26 Å². The summed E-state index contributed by atoms with van der Waals surface area (Å²) in [6.07, 6.45) is 4.30. The summed E-state index contributed by atoms with van der Waals surface area (Å²) in [5.41, 5.74) is 0.983. The second-order valence-electron chi connectivity index (χ2n) is 2.91. The van der Waals surface area contributed by atoms with Crippen molar-refractivity contribution in [3.63, 3.8) is 0 Å². The molecule has 0 radical (unpaired) electrons. The monoisotopic (exact) mass is 320 g/mol. The minimum atomic E-state index is -0.379. The molecule has 76 valence electrons. The van der Waals surface area contributed by atoms with Crippen LogP contribution in [-0.4, -0.2) is 11.4 Å². The molecule has 0 amide bonds. The van der Waals surface area contributed by atoms with Gasteiger partial charge in [0.1, 0.15) is 0 Å². The summed E-state index contributed by atoms with van der Waals surface area (Å²) in [7, 11) is 0. The molecule has 3 heteroatoms. The fourth-order valence-electron chi connectivity index (χ4n) is 1.10. The Bertz CT molecular complexity index is 295. The third-order valence-corrected chi connectivity index (χ3v) is 3.03. The fraction of sp³-hybridized carbons (Fsp3) is 0.273. The minimum absolute atomic E-state index is 0.379. The molecule has 0 aliphatic heterocycles. The Morgan fingerprint density at radius 1 is 1.43 bits per heavy atom. The molecule has 1 unspecified atom stereocenters. The first-order valence-corrected chi connectivity index (χ1v) is 6.72. The van der Waals surface area contributed by atoms with Crippen LogP contribution >= 0.6 is 34.4 Å². The van der Waals surface area contributed by atoms with Crippen molar-refractivity contribution in [1.82, 2.24) is 0 Å². The van der Waals surface area contributed by atoms with Crippen molar-refractivity contribution in [2.45, 2.75) is 12.5 Å². The molecule has 14 heavy (non-hydrogen) atoms. The zero-order chi connectivity index (χ0) is 10.4. The van der Waals surface area contributed by atoms with Crippen LogP contribution in [0.15, 0.2) is 35.7 Å². The molecule has 1 atom stereocenters. The maximum absolute atomic E-state index is 9.78. The lowest BCUT2D eigenvalue weighted by molar-refractivity contribution is 0.181. The average Bonchev–Trinajstić information content (AvgIpc) is 2.19. The smallest absolute Gasteiger partial charge is 0.0824 e. The lowest BCUT2D eigenvalue weighted by atomic mass is 10.1. The van der Waals surface area contributed by atoms with Gasteiger partial charge in [-0.2, -0.15) is 0 Å². The molecule has 1 rings (SSSR count). The van der Waals surface area contributed by atoms with Gasteiger partial charge in [0.2, 0.25) is 0 Å². The van der Waals surface area contributed by atoms with E-state index in [-0.39, 0.29) is 6.10 Å². The van der Waals surface area contributed by atoms with Crippen LogP contribution in [0.1, 0.15) is 18.1 Å². The van der Waals surface area contributed by atoms with Gasteiger partial charge in [0.25, 0.3) is 0 Å². The molecule has 1 N–H and O–H groups in total. The van der Waals surface area contributed by atoms with Gasteiger partial charge in [0.15, 0.2) is 0 Å². The Balaban J connectivity index is 2.56. The Kier molecular flexibility index (Phi) is 5.59. The first-order chi connectivity index (χ1) is 6.74. The molecule has 1 nitrogen and oxygen atoms in total. The molecule has 0 fully saturated rings. The van der Waals surface area contributed by atoms with E-state index in [4.69, 9.17) is 0 Å². The Morgan fingerprint density at radius 2 is 2.07 bits per heavy atom. The highest BCUT2D eigenvalue weighted by molar-refractivity contribution is 14.1.